The molecular weight excluding hydrogens is 459 g/mol. The van der Waals surface area contributed by atoms with E-state index in [1.54, 1.807) is 10.9 Å². The first kappa shape index (κ1) is 23.0. The molecule has 0 saturated carbocycles. The summed E-state index contributed by atoms with van der Waals surface area (Å²) in [5, 5.41) is 18.8. The molecule has 5 rings (SSSR count). The number of rotatable bonds is 6. The third kappa shape index (κ3) is 5.04. The van der Waals surface area contributed by atoms with Gasteiger partial charge in [-0.2, -0.15) is 8.78 Å². The van der Waals surface area contributed by atoms with Crippen LogP contribution in [-0.4, -0.2) is 50.4 Å². The molecule has 0 amide bonds. The molecule has 0 spiro atoms. The molecule has 1 fully saturated rings. The third-order valence-electron chi connectivity index (χ3n) is 5.86. The van der Waals surface area contributed by atoms with Crippen LogP contribution < -0.4 is 10.2 Å². The Morgan fingerprint density at radius 2 is 1.83 bits per heavy atom. The van der Waals surface area contributed by atoms with Crippen molar-refractivity contribution < 1.29 is 17.6 Å². The Balaban J connectivity index is 1.31. The van der Waals surface area contributed by atoms with E-state index in [0.29, 0.717) is 23.3 Å². The molecule has 182 valence electrons. The van der Waals surface area contributed by atoms with Gasteiger partial charge in [-0.15, -0.1) is 15.3 Å². The highest BCUT2D eigenvalue weighted by Gasteiger charge is 2.22. The van der Waals surface area contributed by atoms with Crippen molar-refractivity contribution in [2.75, 3.05) is 18.0 Å². The van der Waals surface area contributed by atoms with Crippen molar-refractivity contribution in [3.05, 3.63) is 65.9 Å². The molecule has 1 saturated heterocycles. The van der Waals surface area contributed by atoms with E-state index in [1.807, 2.05) is 12.1 Å². The average Bonchev–Trinajstić information content (AvgIpc) is 3.50. The van der Waals surface area contributed by atoms with Crippen LogP contribution in [-0.2, 0) is 6.54 Å². The van der Waals surface area contributed by atoms with E-state index in [1.165, 1.54) is 18.2 Å². The molecule has 0 unspecified atom stereocenters. The summed E-state index contributed by atoms with van der Waals surface area (Å²) < 4.78 is 46.5. The third-order valence-corrected chi connectivity index (χ3v) is 5.86. The van der Waals surface area contributed by atoms with Gasteiger partial charge in [0.25, 0.3) is 5.89 Å². The Morgan fingerprint density at radius 3 is 2.54 bits per heavy atom. The number of piperazine rings is 1. The summed E-state index contributed by atoms with van der Waals surface area (Å²) in [5.74, 6) is -1.51. The molecule has 2 aromatic carbocycles. The van der Waals surface area contributed by atoms with Crippen LogP contribution in [0.25, 0.3) is 22.7 Å². The minimum atomic E-state index is -2.88. The second kappa shape index (κ2) is 9.49. The summed E-state index contributed by atoms with van der Waals surface area (Å²) in [7, 11) is 0. The molecule has 1 aliphatic heterocycles. The SMILES string of the molecule is C[C@@H]1CN(c2cccc(-c3cn(Cc4ccc(-c5nnc(C(F)F)o5)cc4F)nn3)c2)C[C@H](C)N1. The van der Waals surface area contributed by atoms with E-state index in [0.717, 1.165) is 24.3 Å². The molecule has 11 heteroatoms. The standard InChI is InChI=1S/C24H24F3N7O/c1-14-10-33(11-15(2)28-14)19-5-3-4-16(8-19)21-13-34(32-29-21)12-18-7-6-17(9-20(18)25)23-30-31-24(35-23)22(26)27/h3-9,13-15,22,28H,10-12H2,1-2H3/t14-,15+. The van der Waals surface area contributed by atoms with Gasteiger partial charge in [-0.3, -0.25) is 0 Å². The highest BCUT2D eigenvalue weighted by Crippen LogP contribution is 2.27. The Hall–Kier alpha value is -3.73. The summed E-state index contributed by atoms with van der Waals surface area (Å²) >= 11 is 0. The van der Waals surface area contributed by atoms with Crippen LogP contribution in [0.15, 0.2) is 53.1 Å². The van der Waals surface area contributed by atoms with Gasteiger partial charge in [-0.1, -0.05) is 23.4 Å². The lowest BCUT2D eigenvalue weighted by molar-refractivity contribution is 0.116. The lowest BCUT2D eigenvalue weighted by Gasteiger charge is -2.37. The van der Waals surface area contributed by atoms with Crippen LogP contribution in [0.3, 0.4) is 0 Å². The Bertz CT molecular complexity index is 1310. The zero-order valence-corrected chi connectivity index (χ0v) is 19.2. The molecule has 2 atom stereocenters. The Morgan fingerprint density at radius 1 is 1.03 bits per heavy atom. The quantitative estimate of drug-likeness (QED) is 0.438. The van der Waals surface area contributed by atoms with E-state index in [4.69, 9.17) is 4.42 Å². The number of anilines is 1. The first-order valence-electron chi connectivity index (χ1n) is 11.3. The topological polar surface area (TPSA) is 84.9 Å². The first-order chi connectivity index (χ1) is 16.9. The van der Waals surface area contributed by atoms with Crippen LogP contribution in [0, 0.1) is 5.82 Å². The number of nitrogens with one attached hydrogen (secondary N) is 1. The summed E-state index contributed by atoms with van der Waals surface area (Å²) in [5.41, 5.74) is 3.31. The fraction of sp³-hybridized carbons (Fsp3) is 0.333. The maximum Gasteiger partial charge on any atom is 0.314 e. The number of alkyl halides is 2. The van der Waals surface area contributed by atoms with Crippen LogP contribution in [0.2, 0.25) is 0 Å². The van der Waals surface area contributed by atoms with E-state index in [9.17, 15) is 13.2 Å². The van der Waals surface area contributed by atoms with Gasteiger partial charge in [-0.05, 0) is 38.1 Å². The van der Waals surface area contributed by atoms with Crippen LogP contribution in [0.4, 0.5) is 18.9 Å². The van der Waals surface area contributed by atoms with Gasteiger partial charge in [0.15, 0.2) is 0 Å². The molecule has 0 bridgehead atoms. The van der Waals surface area contributed by atoms with Gasteiger partial charge >= 0.3 is 6.43 Å². The van der Waals surface area contributed by atoms with Crippen molar-refractivity contribution >= 4 is 5.69 Å². The number of aromatic nitrogens is 5. The van der Waals surface area contributed by atoms with Crippen molar-refractivity contribution in [1.82, 2.24) is 30.5 Å². The Labute approximate surface area is 199 Å². The molecule has 4 aromatic rings. The average molecular weight is 483 g/mol. The summed E-state index contributed by atoms with van der Waals surface area (Å²) in [6.07, 6.45) is -1.12. The van der Waals surface area contributed by atoms with Gasteiger partial charge in [0, 0.05) is 47.6 Å². The van der Waals surface area contributed by atoms with Crippen molar-refractivity contribution in [1.29, 1.82) is 0 Å². The molecule has 0 aliphatic carbocycles. The number of halogens is 3. The highest BCUT2D eigenvalue weighted by molar-refractivity contribution is 5.65. The maximum absolute atomic E-state index is 14.7. The van der Waals surface area contributed by atoms with E-state index >= 15 is 0 Å². The molecule has 0 radical (unpaired) electrons. The van der Waals surface area contributed by atoms with Crippen molar-refractivity contribution in [2.45, 2.75) is 38.9 Å². The van der Waals surface area contributed by atoms with Crippen LogP contribution >= 0.6 is 0 Å². The summed E-state index contributed by atoms with van der Waals surface area (Å²) in [4.78, 5) is 2.35. The summed E-state index contributed by atoms with van der Waals surface area (Å²) in [6.45, 7) is 6.34. The van der Waals surface area contributed by atoms with Gasteiger partial charge in [0.05, 0.1) is 12.7 Å². The monoisotopic (exact) mass is 483 g/mol. The fourth-order valence-electron chi connectivity index (χ4n) is 4.33. The molecule has 1 N–H and O–H groups in total. The van der Waals surface area contributed by atoms with Crippen molar-refractivity contribution in [3.63, 3.8) is 0 Å². The van der Waals surface area contributed by atoms with Gasteiger partial charge < -0.3 is 14.6 Å². The molecule has 3 heterocycles. The molecule has 1 aliphatic rings. The first-order valence-corrected chi connectivity index (χ1v) is 11.3. The molecule has 8 nitrogen and oxygen atoms in total. The van der Waals surface area contributed by atoms with Crippen LogP contribution in [0.5, 0.6) is 0 Å². The zero-order chi connectivity index (χ0) is 24.5. The van der Waals surface area contributed by atoms with E-state index in [2.05, 4.69) is 56.7 Å². The Kier molecular flexibility index (Phi) is 6.25. The maximum atomic E-state index is 14.7. The smallest absolute Gasteiger partial charge is 0.314 e. The lowest BCUT2D eigenvalue weighted by atomic mass is 10.1. The van der Waals surface area contributed by atoms with Gasteiger partial charge in [0.1, 0.15) is 11.5 Å². The predicted molar refractivity (Wildman–Crippen MR) is 123 cm³/mol. The van der Waals surface area contributed by atoms with Gasteiger partial charge in [-0.25, -0.2) is 9.07 Å². The minimum Gasteiger partial charge on any atom is -0.415 e. The van der Waals surface area contributed by atoms with Crippen molar-refractivity contribution in [2.24, 2.45) is 0 Å². The zero-order valence-electron chi connectivity index (χ0n) is 19.2. The van der Waals surface area contributed by atoms with Crippen molar-refractivity contribution in [3.8, 4) is 22.7 Å². The molecule has 2 aromatic heterocycles. The predicted octanol–water partition coefficient (Wildman–Crippen LogP) is 4.31. The van der Waals surface area contributed by atoms with E-state index < -0.39 is 18.1 Å². The number of hydrogen-bond acceptors (Lipinski definition) is 7. The second-order valence-corrected chi connectivity index (χ2v) is 8.78. The van der Waals surface area contributed by atoms with Crippen LogP contribution in [0.1, 0.15) is 31.7 Å². The number of hydrogen-bond donors (Lipinski definition) is 1. The fourth-order valence-corrected chi connectivity index (χ4v) is 4.33. The normalized spacial score (nSPS) is 18.4. The minimum absolute atomic E-state index is 0.151. The summed E-state index contributed by atoms with van der Waals surface area (Å²) in [6, 6.07) is 13.2. The number of benzene rings is 2. The lowest BCUT2D eigenvalue weighted by Crippen LogP contribution is -2.54. The second-order valence-electron chi connectivity index (χ2n) is 8.78. The van der Waals surface area contributed by atoms with Gasteiger partial charge in [0.2, 0.25) is 5.89 Å². The van der Waals surface area contributed by atoms with E-state index in [-0.39, 0.29) is 18.0 Å². The molecular formula is C24H24F3N7O. The largest absolute Gasteiger partial charge is 0.415 e. The number of nitrogens with zero attached hydrogens (tertiary/aromatic N) is 6. The highest BCUT2D eigenvalue weighted by atomic mass is 19.3. The molecule has 35 heavy (non-hydrogen) atoms.